The monoisotopic (exact) mass is 600 g/mol. The number of aromatic nitrogens is 3. The predicted molar refractivity (Wildman–Crippen MR) is 175 cm³/mol. The third-order valence-corrected chi connectivity index (χ3v) is 9.12. The topological polar surface area (TPSA) is 82.8 Å². The summed E-state index contributed by atoms with van der Waals surface area (Å²) < 4.78 is 1.46. The zero-order valence-corrected chi connectivity index (χ0v) is 25.2. The number of carbonyl (C=O) groups is 1. The van der Waals surface area contributed by atoms with Gasteiger partial charge in [-0.2, -0.15) is 0 Å². The Hall–Kier alpha value is -4.70. The van der Waals surface area contributed by atoms with Crippen LogP contribution in [0.4, 0.5) is 5.13 Å². The Bertz CT molecular complexity index is 1960. The molecule has 0 atom stereocenters. The number of anilines is 1. The van der Waals surface area contributed by atoms with Gasteiger partial charge in [-0.15, -0.1) is 11.3 Å². The Morgan fingerprint density at radius 3 is 2.20 bits per heavy atom. The standard InChI is InChI=1S/C35H32N6O2S/c1-24-21-41-32(29-15-9-8-14-28(24)29)36-20-30(34(41)43)33(42)38-35-37-27(23-44-35)22-39-16-18-40(19-17-39)31(25-10-4-2-5-11-25)26-12-6-3-7-13-26/h2-15,20-21,23,31H,16-19,22H2,1H3,(H,37,38,42). The van der Waals surface area contributed by atoms with Crippen molar-refractivity contribution in [2.75, 3.05) is 31.5 Å². The van der Waals surface area contributed by atoms with Crippen LogP contribution in [0.5, 0.6) is 0 Å². The number of aryl methyl sites for hydroxylation is 1. The summed E-state index contributed by atoms with van der Waals surface area (Å²) in [6.45, 7) is 6.37. The highest BCUT2D eigenvalue weighted by Gasteiger charge is 2.27. The number of nitrogens with zero attached hydrogens (tertiary/aromatic N) is 5. The van der Waals surface area contributed by atoms with Crippen LogP contribution in [-0.4, -0.2) is 56.3 Å². The van der Waals surface area contributed by atoms with Crippen molar-refractivity contribution >= 4 is 38.8 Å². The van der Waals surface area contributed by atoms with Gasteiger partial charge in [-0.25, -0.2) is 9.97 Å². The van der Waals surface area contributed by atoms with E-state index < -0.39 is 11.5 Å². The van der Waals surface area contributed by atoms with Crippen molar-refractivity contribution in [2.24, 2.45) is 0 Å². The number of hydrogen-bond acceptors (Lipinski definition) is 7. The van der Waals surface area contributed by atoms with E-state index >= 15 is 0 Å². The number of carbonyl (C=O) groups excluding carboxylic acids is 1. The molecule has 44 heavy (non-hydrogen) atoms. The molecular weight excluding hydrogens is 568 g/mol. The van der Waals surface area contributed by atoms with Crippen LogP contribution in [0.3, 0.4) is 0 Å². The Balaban J connectivity index is 1.01. The summed E-state index contributed by atoms with van der Waals surface area (Å²) in [5.74, 6) is -0.509. The number of benzene rings is 3. The van der Waals surface area contributed by atoms with Crippen LogP contribution < -0.4 is 10.9 Å². The average molecular weight is 601 g/mol. The smallest absolute Gasteiger partial charge is 0.270 e. The van der Waals surface area contributed by atoms with E-state index in [1.54, 1.807) is 6.20 Å². The lowest BCUT2D eigenvalue weighted by molar-refractivity contribution is 0.102. The summed E-state index contributed by atoms with van der Waals surface area (Å²) in [5, 5.41) is 7.16. The van der Waals surface area contributed by atoms with Gasteiger partial charge >= 0.3 is 0 Å². The second-order valence-electron chi connectivity index (χ2n) is 11.2. The van der Waals surface area contributed by atoms with Crippen molar-refractivity contribution in [3.8, 4) is 0 Å². The van der Waals surface area contributed by atoms with E-state index in [4.69, 9.17) is 0 Å². The van der Waals surface area contributed by atoms with Crippen LogP contribution in [0, 0.1) is 6.92 Å². The maximum atomic E-state index is 13.3. The number of thiazole rings is 1. The quantitative estimate of drug-likeness (QED) is 0.234. The molecule has 0 spiro atoms. The highest BCUT2D eigenvalue weighted by atomic mass is 32.1. The fourth-order valence-corrected chi connectivity index (χ4v) is 6.82. The number of piperazine rings is 1. The molecule has 3 aromatic heterocycles. The summed E-state index contributed by atoms with van der Waals surface area (Å²) in [4.78, 5) is 40.6. The molecule has 1 N–H and O–H groups in total. The molecule has 0 saturated carbocycles. The van der Waals surface area contributed by atoms with Gasteiger partial charge in [0.25, 0.3) is 11.5 Å². The van der Waals surface area contributed by atoms with Gasteiger partial charge in [0.2, 0.25) is 0 Å². The maximum Gasteiger partial charge on any atom is 0.270 e. The predicted octanol–water partition coefficient (Wildman–Crippen LogP) is 5.77. The lowest BCUT2D eigenvalue weighted by atomic mass is 9.96. The second kappa shape index (κ2) is 12.1. The Morgan fingerprint density at radius 2 is 1.52 bits per heavy atom. The number of rotatable bonds is 7. The molecule has 0 bridgehead atoms. The minimum Gasteiger partial charge on any atom is -0.298 e. The van der Waals surface area contributed by atoms with Gasteiger partial charge in [-0.1, -0.05) is 84.9 Å². The molecular formula is C35H32N6O2S. The van der Waals surface area contributed by atoms with Gasteiger partial charge in [0.1, 0.15) is 11.2 Å². The molecule has 0 unspecified atom stereocenters. The molecule has 6 aromatic rings. The fraction of sp³-hybridized carbons (Fsp3) is 0.200. The number of pyridine rings is 1. The van der Waals surface area contributed by atoms with E-state index in [1.165, 1.54) is 33.1 Å². The van der Waals surface area contributed by atoms with Crippen LogP contribution in [0.15, 0.2) is 107 Å². The van der Waals surface area contributed by atoms with Crippen LogP contribution in [0.2, 0.25) is 0 Å². The van der Waals surface area contributed by atoms with Gasteiger partial charge in [0, 0.05) is 55.9 Å². The highest BCUT2D eigenvalue weighted by molar-refractivity contribution is 7.14. The summed E-state index contributed by atoms with van der Waals surface area (Å²) in [7, 11) is 0. The highest BCUT2D eigenvalue weighted by Crippen LogP contribution is 2.30. The summed E-state index contributed by atoms with van der Waals surface area (Å²) in [6.07, 6.45) is 3.11. The van der Waals surface area contributed by atoms with Crippen LogP contribution >= 0.6 is 11.3 Å². The molecule has 0 radical (unpaired) electrons. The zero-order valence-electron chi connectivity index (χ0n) is 24.4. The molecule has 4 heterocycles. The summed E-state index contributed by atoms with van der Waals surface area (Å²) in [6, 6.07) is 29.4. The van der Waals surface area contributed by atoms with E-state index in [1.807, 2.05) is 36.6 Å². The van der Waals surface area contributed by atoms with Gasteiger partial charge in [0.15, 0.2) is 5.13 Å². The molecule has 1 aliphatic rings. The van der Waals surface area contributed by atoms with Gasteiger partial charge < -0.3 is 0 Å². The Labute approximate surface area is 259 Å². The molecule has 3 aromatic carbocycles. The minimum atomic E-state index is -0.509. The van der Waals surface area contributed by atoms with E-state index in [2.05, 4.69) is 85.7 Å². The lowest BCUT2D eigenvalue weighted by Crippen LogP contribution is -2.47. The molecule has 1 saturated heterocycles. The Kier molecular flexibility index (Phi) is 7.74. The van der Waals surface area contributed by atoms with E-state index in [0.717, 1.165) is 48.2 Å². The van der Waals surface area contributed by atoms with Crippen molar-refractivity contribution in [3.63, 3.8) is 0 Å². The first-order valence-electron chi connectivity index (χ1n) is 14.8. The third kappa shape index (κ3) is 5.53. The first kappa shape index (κ1) is 28.1. The van der Waals surface area contributed by atoms with E-state index in [-0.39, 0.29) is 11.6 Å². The van der Waals surface area contributed by atoms with Crippen molar-refractivity contribution < 1.29 is 4.79 Å². The average Bonchev–Trinajstić information content (AvgIpc) is 3.50. The lowest BCUT2D eigenvalue weighted by Gasteiger charge is -2.39. The van der Waals surface area contributed by atoms with Crippen LogP contribution in [0.25, 0.3) is 16.4 Å². The molecule has 220 valence electrons. The van der Waals surface area contributed by atoms with Gasteiger partial charge in [-0.3, -0.25) is 29.1 Å². The Morgan fingerprint density at radius 1 is 0.886 bits per heavy atom. The van der Waals surface area contributed by atoms with Crippen molar-refractivity contribution in [3.05, 3.63) is 141 Å². The van der Waals surface area contributed by atoms with Crippen LogP contribution in [-0.2, 0) is 6.54 Å². The summed E-state index contributed by atoms with van der Waals surface area (Å²) in [5.41, 5.74) is 4.56. The molecule has 9 heteroatoms. The van der Waals surface area contributed by atoms with Gasteiger partial charge in [-0.05, 0) is 29.0 Å². The normalized spacial score (nSPS) is 14.4. The van der Waals surface area contributed by atoms with Crippen molar-refractivity contribution in [1.82, 2.24) is 24.2 Å². The fourth-order valence-electron chi connectivity index (χ4n) is 6.12. The van der Waals surface area contributed by atoms with E-state index in [0.29, 0.717) is 17.3 Å². The molecule has 1 aliphatic heterocycles. The third-order valence-electron chi connectivity index (χ3n) is 8.31. The van der Waals surface area contributed by atoms with Crippen LogP contribution in [0.1, 0.15) is 38.8 Å². The molecule has 7 rings (SSSR count). The number of hydrogen-bond donors (Lipinski definition) is 1. The van der Waals surface area contributed by atoms with E-state index in [9.17, 15) is 9.59 Å². The molecule has 8 nitrogen and oxygen atoms in total. The first-order valence-corrected chi connectivity index (χ1v) is 15.6. The number of fused-ring (bicyclic) bond motifs is 3. The molecule has 1 amide bonds. The first-order chi connectivity index (χ1) is 21.5. The SMILES string of the molecule is Cc1cn2c(=O)c(C(=O)Nc3nc(CN4CCN(C(c5ccccc5)c5ccccc5)CC4)cs3)cnc2c2ccccc12. The zero-order chi connectivity index (χ0) is 30.0. The number of nitrogens with one attached hydrogen (secondary N) is 1. The maximum absolute atomic E-state index is 13.3. The van der Waals surface area contributed by atoms with Gasteiger partial charge in [0.05, 0.1) is 11.7 Å². The van der Waals surface area contributed by atoms with Crippen molar-refractivity contribution in [2.45, 2.75) is 19.5 Å². The summed E-state index contributed by atoms with van der Waals surface area (Å²) >= 11 is 1.37. The largest absolute Gasteiger partial charge is 0.298 e. The van der Waals surface area contributed by atoms with Crippen molar-refractivity contribution in [1.29, 1.82) is 0 Å². The number of amides is 1. The second-order valence-corrected chi connectivity index (χ2v) is 12.0. The molecule has 0 aliphatic carbocycles. The molecule has 1 fully saturated rings. The minimum absolute atomic E-state index is 0.0172.